The van der Waals surface area contributed by atoms with Gasteiger partial charge in [-0.1, -0.05) is 17.7 Å². The van der Waals surface area contributed by atoms with Gasteiger partial charge in [-0.05, 0) is 46.6 Å². The third-order valence-corrected chi connectivity index (χ3v) is 3.45. The molecule has 0 spiro atoms. The van der Waals surface area contributed by atoms with E-state index in [1.165, 1.54) is 0 Å². The Hall–Kier alpha value is -1.59. The summed E-state index contributed by atoms with van der Waals surface area (Å²) < 4.78 is 0.740. The summed E-state index contributed by atoms with van der Waals surface area (Å²) in [6, 6.07) is 7.08. The van der Waals surface area contributed by atoms with Crippen LogP contribution in [0.4, 0.5) is 11.5 Å². The van der Waals surface area contributed by atoms with Gasteiger partial charge < -0.3 is 10.6 Å². The predicted octanol–water partition coefficient (Wildman–Crippen LogP) is 4.10. The Morgan fingerprint density at radius 2 is 2.10 bits per heavy atom. The summed E-state index contributed by atoms with van der Waals surface area (Å²) in [6.45, 7) is 1.91. The molecule has 0 fully saturated rings. The highest BCUT2D eigenvalue weighted by Gasteiger charge is 2.14. The first-order valence-electron chi connectivity index (χ1n) is 5.92. The van der Waals surface area contributed by atoms with Gasteiger partial charge in [-0.3, -0.25) is 4.79 Å². The first-order chi connectivity index (χ1) is 9.51. The number of hydrogen-bond donors (Lipinski definition) is 2. The van der Waals surface area contributed by atoms with E-state index in [0.717, 1.165) is 10.0 Å². The van der Waals surface area contributed by atoms with Crippen LogP contribution in [0.2, 0.25) is 5.02 Å². The SMILES string of the molecule is CNc1ncc(Br)cc1C(=O)Nc1cc(Cl)ccc1C. The lowest BCUT2D eigenvalue weighted by atomic mass is 10.2. The number of carbonyl (C=O) groups excluding carboxylic acids is 1. The Morgan fingerprint density at radius 1 is 1.35 bits per heavy atom. The second kappa shape index (κ2) is 6.24. The van der Waals surface area contributed by atoms with Gasteiger partial charge >= 0.3 is 0 Å². The van der Waals surface area contributed by atoms with Gasteiger partial charge in [0.25, 0.3) is 5.91 Å². The van der Waals surface area contributed by atoms with Crippen LogP contribution in [0.5, 0.6) is 0 Å². The smallest absolute Gasteiger partial charge is 0.259 e. The number of carbonyl (C=O) groups is 1. The second-order valence-electron chi connectivity index (χ2n) is 4.21. The average Bonchev–Trinajstić information content (AvgIpc) is 2.42. The fourth-order valence-corrected chi connectivity index (χ4v) is 2.23. The van der Waals surface area contributed by atoms with Gasteiger partial charge in [0.2, 0.25) is 0 Å². The Kier molecular flexibility index (Phi) is 4.62. The Labute approximate surface area is 130 Å². The van der Waals surface area contributed by atoms with Crippen molar-refractivity contribution in [2.24, 2.45) is 0 Å². The standard InChI is InChI=1S/C14H13BrClN3O/c1-8-3-4-10(16)6-12(8)19-14(20)11-5-9(15)7-18-13(11)17-2/h3-7H,1-2H3,(H,17,18)(H,19,20). The van der Waals surface area contributed by atoms with Crippen molar-refractivity contribution in [1.82, 2.24) is 4.98 Å². The van der Waals surface area contributed by atoms with E-state index >= 15 is 0 Å². The highest BCUT2D eigenvalue weighted by Crippen LogP contribution is 2.23. The molecule has 0 bridgehead atoms. The van der Waals surface area contributed by atoms with Crippen LogP contribution >= 0.6 is 27.5 Å². The van der Waals surface area contributed by atoms with E-state index in [1.54, 1.807) is 31.4 Å². The maximum Gasteiger partial charge on any atom is 0.259 e. The van der Waals surface area contributed by atoms with Crippen molar-refractivity contribution in [3.8, 4) is 0 Å². The number of hydrogen-bond acceptors (Lipinski definition) is 3. The molecule has 2 rings (SSSR count). The van der Waals surface area contributed by atoms with E-state index in [9.17, 15) is 4.79 Å². The van der Waals surface area contributed by atoms with E-state index in [-0.39, 0.29) is 5.91 Å². The van der Waals surface area contributed by atoms with E-state index in [4.69, 9.17) is 11.6 Å². The minimum atomic E-state index is -0.242. The quantitative estimate of drug-likeness (QED) is 0.872. The van der Waals surface area contributed by atoms with Crippen molar-refractivity contribution in [3.63, 3.8) is 0 Å². The molecule has 4 nitrogen and oxygen atoms in total. The molecule has 2 aromatic rings. The van der Waals surface area contributed by atoms with Gasteiger partial charge in [0, 0.05) is 28.4 Å². The molecular weight excluding hydrogens is 342 g/mol. The van der Waals surface area contributed by atoms with Gasteiger partial charge in [-0.25, -0.2) is 4.98 Å². The molecule has 20 heavy (non-hydrogen) atoms. The van der Waals surface area contributed by atoms with Crippen LogP contribution in [0.25, 0.3) is 0 Å². The molecule has 0 unspecified atom stereocenters. The number of nitrogens with one attached hydrogen (secondary N) is 2. The van der Waals surface area contributed by atoms with Crippen molar-refractivity contribution in [1.29, 1.82) is 0 Å². The summed E-state index contributed by atoms with van der Waals surface area (Å²) in [5.41, 5.74) is 2.09. The Bertz CT molecular complexity index is 661. The van der Waals surface area contributed by atoms with Gasteiger partial charge in [0.05, 0.1) is 5.56 Å². The fraction of sp³-hybridized carbons (Fsp3) is 0.143. The maximum absolute atomic E-state index is 12.4. The van der Waals surface area contributed by atoms with Gasteiger partial charge in [-0.15, -0.1) is 0 Å². The number of amides is 1. The van der Waals surface area contributed by atoms with E-state index in [1.807, 2.05) is 13.0 Å². The number of benzene rings is 1. The molecule has 1 aromatic heterocycles. The summed E-state index contributed by atoms with van der Waals surface area (Å²) in [4.78, 5) is 16.5. The molecule has 0 aliphatic rings. The monoisotopic (exact) mass is 353 g/mol. The molecule has 6 heteroatoms. The normalized spacial score (nSPS) is 10.2. The first kappa shape index (κ1) is 14.8. The number of halogens is 2. The number of aryl methyl sites for hydroxylation is 1. The Morgan fingerprint density at radius 3 is 2.80 bits per heavy atom. The lowest BCUT2D eigenvalue weighted by Crippen LogP contribution is -2.15. The maximum atomic E-state index is 12.4. The molecule has 0 saturated heterocycles. The lowest BCUT2D eigenvalue weighted by molar-refractivity contribution is 0.102. The second-order valence-corrected chi connectivity index (χ2v) is 5.57. The number of aromatic nitrogens is 1. The highest BCUT2D eigenvalue weighted by atomic mass is 79.9. The summed E-state index contributed by atoms with van der Waals surface area (Å²) in [6.07, 6.45) is 1.63. The van der Waals surface area contributed by atoms with Crippen LogP contribution in [-0.4, -0.2) is 17.9 Å². The molecule has 0 atom stereocenters. The van der Waals surface area contributed by atoms with Crippen molar-refractivity contribution >= 4 is 44.9 Å². The van der Waals surface area contributed by atoms with E-state index < -0.39 is 0 Å². The van der Waals surface area contributed by atoms with E-state index in [2.05, 4.69) is 31.5 Å². The van der Waals surface area contributed by atoms with Crippen LogP contribution in [0, 0.1) is 6.92 Å². The third kappa shape index (κ3) is 3.29. The van der Waals surface area contributed by atoms with Gasteiger partial charge in [0.1, 0.15) is 5.82 Å². The van der Waals surface area contributed by atoms with E-state index in [0.29, 0.717) is 22.1 Å². The molecular formula is C14H13BrClN3O. The van der Waals surface area contributed by atoms with Crippen LogP contribution < -0.4 is 10.6 Å². The van der Waals surface area contributed by atoms with Crippen molar-refractivity contribution < 1.29 is 4.79 Å². The zero-order valence-electron chi connectivity index (χ0n) is 11.0. The topological polar surface area (TPSA) is 54.0 Å². The van der Waals surface area contributed by atoms with Crippen LogP contribution in [0.15, 0.2) is 34.9 Å². The minimum Gasteiger partial charge on any atom is -0.372 e. The lowest BCUT2D eigenvalue weighted by Gasteiger charge is -2.11. The molecule has 0 aliphatic heterocycles. The third-order valence-electron chi connectivity index (χ3n) is 2.78. The predicted molar refractivity (Wildman–Crippen MR) is 85.6 cm³/mol. The van der Waals surface area contributed by atoms with Crippen molar-refractivity contribution in [3.05, 3.63) is 51.1 Å². The molecule has 0 saturated carbocycles. The molecule has 1 amide bonds. The van der Waals surface area contributed by atoms with Crippen molar-refractivity contribution in [2.75, 3.05) is 17.7 Å². The average molecular weight is 355 g/mol. The molecule has 0 aliphatic carbocycles. The minimum absolute atomic E-state index is 0.242. The van der Waals surface area contributed by atoms with Gasteiger partial charge in [-0.2, -0.15) is 0 Å². The molecule has 2 N–H and O–H groups in total. The number of pyridine rings is 1. The van der Waals surface area contributed by atoms with Crippen LogP contribution in [0.1, 0.15) is 15.9 Å². The zero-order valence-corrected chi connectivity index (χ0v) is 13.3. The molecule has 1 aromatic carbocycles. The number of nitrogens with zero attached hydrogens (tertiary/aromatic N) is 1. The largest absolute Gasteiger partial charge is 0.372 e. The molecule has 0 radical (unpaired) electrons. The molecule has 1 heterocycles. The molecule has 104 valence electrons. The fourth-order valence-electron chi connectivity index (χ4n) is 1.73. The summed E-state index contributed by atoms with van der Waals surface area (Å²) in [5.74, 6) is 0.277. The van der Waals surface area contributed by atoms with Crippen LogP contribution in [0.3, 0.4) is 0 Å². The number of anilines is 2. The highest BCUT2D eigenvalue weighted by molar-refractivity contribution is 9.10. The summed E-state index contributed by atoms with van der Waals surface area (Å²) in [7, 11) is 1.72. The summed E-state index contributed by atoms with van der Waals surface area (Å²) in [5, 5.41) is 6.32. The zero-order chi connectivity index (χ0) is 14.7. The van der Waals surface area contributed by atoms with Gasteiger partial charge in [0.15, 0.2) is 0 Å². The van der Waals surface area contributed by atoms with Crippen molar-refractivity contribution in [2.45, 2.75) is 6.92 Å². The van der Waals surface area contributed by atoms with Crippen LogP contribution in [-0.2, 0) is 0 Å². The summed E-state index contributed by atoms with van der Waals surface area (Å²) >= 11 is 9.26. The first-order valence-corrected chi connectivity index (χ1v) is 7.09. The number of rotatable bonds is 3. The Balaban J connectivity index is 2.32.